The van der Waals surface area contributed by atoms with Gasteiger partial charge >= 0.3 is 0 Å². The number of thioether (sulfide) groups is 1. The van der Waals surface area contributed by atoms with E-state index in [0.717, 1.165) is 23.7 Å². The minimum atomic E-state index is 0.734. The third kappa shape index (κ3) is 13.4. The van der Waals surface area contributed by atoms with Gasteiger partial charge in [-0.2, -0.15) is 11.8 Å². The summed E-state index contributed by atoms with van der Waals surface area (Å²) in [6.45, 7) is 16.0. The molecule has 0 fully saturated rings. The molecule has 0 saturated heterocycles. The Morgan fingerprint density at radius 2 is 1.54 bits per heavy atom. The molecule has 0 aromatic rings. The van der Waals surface area contributed by atoms with Crippen molar-refractivity contribution < 1.29 is 0 Å². The van der Waals surface area contributed by atoms with E-state index in [0.29, 0.717) is 0 Å². The van der Waals surface area contributed by atoms with Crippen molar-refractivity contribution in [2.45, 2.75) is 98.8 Å². The Labute approximate surface area is 158 Å². The fourth-order valence-electron chi connectivity index (χ4n) is 3.67. The van der Waals surface area contributed by atoms with Crippen LogP contribution in [0.25, 0.3) is 0 Å². The van der Waals surface area contributed by atoms with Gasteiger partial charge in [-0.05, 0) is 54.4 Å². The predicted octanol–water partition coefficient (Wildman–Crippen LogP) is 8.37. The van der Waals surface area contributed by atoms with Gasteiger partial charge in [0, 0.05) is 0 Å². The quantitative estimate of drug-likeness (QED) is 0.187. The molecule has 0 N–H and O–H groups in total. The molecule has 0 aliphatic heterocycles. The monoisotopic (exact) mass is 354 g/mol. The highest BCUT2D eigenvalue weighted by Crippen LogP contribution is 2.28. The van der Waals surface area contributed by atoms with Crippen molar-refractivity contribution in [3.63, 3.8) is 0 Å². The van der Waals surface area contributed by atoms with Crippen molar-refractivity contribution in [1.82, 2.24) is 0 Å². The van der Waals surface area contributed by atoms with Crippen LogP contribution in [0, 0.1) is 23.7 Å². The Morgan fingerprint density at radius 1 is 0.833 bits per heavy atom. The zero-order valence-electron chi connectivity index (χ0n) is 17.5. The fourth-order valence-corrected chi connectivity index (χ4v) is 4.37. The fraction of sp³-hybridized carbons (Fsp3) is 0.913. The highest BCUT2D eigenvalue weighted by molar-refractivity contribution is 7.99. The Balaban J connectivity index is 3.75. The van der Waals surface area contributed by atoms with Crippen LogP contribution in [0.1, 0.15) is 98.8 Å². The van der Waals surface area contributed by atoms with Gasteiger partial charge in [-0.1, -0.05) is 85.6 Å². The van der Waals surface area contributed by atoms with E-state index >= 15 is 0 Å². The van der Waals surface area contributed by atoms with Crippen molar-refractivity contribution in [3.8, 4) is 0 Å². The van der Waals surface area contributed by atoms with E-state index in [4.69, 9.17) is 0 Å². The molecule has 0 amide bonds. The van der Waals surface area contributed by atoms with Crippen LogP contribution >= 0.6 is 11.8 Å². The van der Waals surface area contributed by atoms with Gasteiger partial charge in [0.15, 0.2) is 0 Å². The van der Waals surface area contributed by atoms with Crippen LogP contribution in [-0.4, -0.2) is 11.5 Å². The zero-order valence-corrected chi connectivity index (χ0v) is 18.3. The molecule has 0 heterocycles. The number of allylic oxidation sites excluding steroid dienone is 1. The van der Waals surface area contributed by atoms with Gasteiger partial charge in [-0.15, -0.1) is 6.58 Å². The number of hydrogen-bond donors (Lipinski definition) is 0. The predicted molar refractivity (Wildman–Crippen MR) is 116 cm³/mol. The van der Waals surface area contributed by atoms with Crippen molar-refractivity contribution in [2.24, 2.45) is 23.7 Å². The second kappa shape index (κ2) is 16.6. The maximum atomic E-state index is 4.10. The molecule has 0 radical (unpaired) electrons. The summed E-state index contributed by atoms with van der Waals surface area (Å²) in [7, 11) is 0. The first-order valence-corrected chi connectivity index (χ1v) is 11.9. The lowest BCUT2D eigenvalue weighted by Gasteiger charge is -2.23. The van der Waals surface area contributed by atoms with Crippen molar-refractivity contribution in [1.29, 1.82) is 0 Å². The van der Waals surface area contributed by atoms with Crippen LogP contribution < -0.4 is 0 Å². The normalized spacial score (nSPS) is 16.5. The van der Waals surface area contributed by atoms with Crippen molar-refractivity contribution in [2.75, 3.05) is 11.5 Å². The molecular weight excluding hydrogens is 308 g/mol. The molecular formula is C23H46S. The van der Waals surface area contributed by atoms with E-state index in [1.165, 1.54) is 75.7 Å². The maximum Gasteiger partial charge on any atom is -0.00676 e. The third-order valence-corrected chi connectivity index (χ3v) is 6.67. The van der Waals surface area contributed by atoms with Crippen LogP contribution in [0.4, 0.5) is 0 Å². The minimum absolute atomic E-state index is 0.734. The first-order valence-electron chi connectivity index (χ1n) is 10.7. The summed E-state index contributed by atoms with van der Waals surface area (Å²) in [5, 5.41) is 0. The van der Waals surface area contributed by atoms with Gasteiger partial charge in [0.2, 0.25) is 0 Å². The standard InChI is InChI=1S/C23H46S/c1-7-14-21(5)22(6)19-23(8-2)17-13-16-20(4)15-11-10-12-18-24-9-3/h8,20-23H,2,7,9-19H2,1,3-6H3. The summed E-state index contributed by atoms with van der Waals surface area (Å²) < 4.78 is 0. The smallest absolute Gasteiger partial charge is 0.00676 e. The van der Waals surface area contributed by atoms with Crippen LogP contribution in [0.2, 0.25) is 0 Å². The lowest BCUT2D eigenvalue weighted by molar-refractivity contribution is 0.297. The second-order valence-corrected chi connectivity index (χ2v) is 9.45. The first kappa shape index (κ1) is 24.1. The molecule has 0 aliphatic rings. The van der Waals surface area contributed by atoms with Crippen LogP contribution in [0.5, 0.6) is 0 Å². The third-order valence-electron chi connectivity index (χ3n) is 5.68. The Morgan fingerprint density at radius 3 is 2.17 bits per heavy atom. The Bertz CT molecular complexity index is 273. The van der Waals surface area contributed by atoms with Gasteiger partial charge in [-0.3, -0.25) is 0 Å². The summed E-state index contributed by atoms with van der Waals surface area (Å²) in [5.41, 5.74) is 0. The molecule has 4 atom stereocenters. The lowest BCUT2D eigenvalue weighted by Crippen LogP contribution is -2.12. The lowest BCUT2D eigenvalue weighted by atomic mass is 9.82. The average molecular weight is 355 g/mol. The summed E-state index contributed by atoms with van der Waals surface area (Å²) in [4.78, 5) is 0. The summed E-state index contributed by atoms with van der Waals surface area (Å²) in [6.07, 6.45) is 16.1. The maximum absolute atomic E-state index is 4.10. The van der Waals surface area contributed by atoms with Crippen molar-refractivity contribution >= 4 is 11.8 Å². The second-order valence-electron chi connectivity index (χ2n) is 8.06. The highest BCUT2D eigenvalue weighted by atomic mass is 32.2. The van der Waals surface area contributed by atoms with E-state index in [-0.39, 0.29) is 0 Å². The zero-order chi connectivity index (χ0) is 18.2. The summed E-state index contributed by atoms with van der Waals surface area (Å²) in [5.74, 6) is 5.98. The molecule has 0 aliphatic carbocycles. The van der Waals surface area contributed by atoms with E-state index in [1.54, 1.807) is 0 Å². The Hall–Kier alpha value is 0.0900. The van der Waals surface area contributed by atoms with Crippen LogP contribution in [0.3, 0.4) is 0 Å². The number of unbranched alkanes of at least 4 members (excludes halogenated alkanes) is 2. The van der Waals surface area contributed by atoms with Gasteiger partial charge in [-0.25, -0.2) is 0 Å². The molecule has 0 rings (SSSR count). The molecule has 24 heavy (non-hydrogen) atoms. The molecule has 0 saturated carbocycles. The molecule has 0 bridgehead atoms. The molecule has 0 aromatic heterocycles. The topological polar surface area (TPSA) is 0 Å². The molecule has 144 valence electrons. The average Bonchev–Trinajstić information content (AvgIpc) is 2.57. The van der Waals surface area contributed by atoms with Crippen molar-refractivity contribution in [3.05, 3.63) is 12.7 Å². The van der Waals surface area contributed by atoms with E-state index in [2.05, 4.69) is 59.0 Å². The highest BCUT2D eigenvalue weighted by Gasteiger charge is 2.16. The van der Waals surface area contributed by atoms with E-state index < -0.39 is 0 Å². The molecule has 0 spiro atoms. The molecule has 4 unspecified atom stereocenters. The first-order chi connectivity index (χ1) is 11.5. The SMILES string of the molecule is C=CC(CCCC(C)CCCCCSCC)CC(C)C(C)CCC. The summed E-state index contributed by atoms with van der Waals surface area (Å²) in [6, 6.07) is 0. The number of hydrogen-bond acceptors (Lipinski definition) is 1. The van der Waals surface area contributed by atoms with Crippen LogP contribution in [0.15, 0.2) is 12.7 Å². The summed E-state index contributed by atoms with van der Waals surface area (Å²) >= 11 is 2.09. The largest absolute Gasteiger partial charge is 0.162 e. The van der Waals surface area contributed by atoms with Gasteiger partial charge in [0.25, 0.3) is 0 Å². The van der Waals surface area contributed by atoms with Gasteiger partial charge < -0.3 is 0 Å². The van der Waals surface area contributed by atoms with Gasteiger partial charge in [0.1, 0.15) is 0 Å². The van der Waals surface area contributed by atoms with Crippen LogP contribution in [-0.2, 0) is 0 Å². The minimum Gasteiger partial charge on any atom is -0.162 e. The molecule has 1 heteroatoms. The van der Waals surface area contributed by atoms with E-state index in [1.807, 2.05) is 0 Å². The Kier molecular flexibility index (Phi) is 16.6. The molecule has 0 nitrogen and oxygen atoms in total. The molecule has 0 aromatic carbocycles. The number of rotatable bonds is 17. The van der Waals surface area contributed by atoms with Gasteiger partial charge in [0.05, 0.1) is 0 Å². The van der Waals surface area contributed by atoms with E-state index in [9.17, 15) is 0 Å².